The summed E-state index contributed by atoms with van der Waals surface area (Å²) < 4.78 is 2.22. The van der Waals surface area contributed by atoms with Crippen molar-refractivity contribution in [3.05, 3.63) is 36.2 Å². The van der Waals surface area contributed by atoms with E-state index in [4.69, 9.17) is 0 Å². The summed E-state index contributed by atoms with van der Waals surface area (Å²) >= 11 is 3.31. The minimum absolute atomic E-state index is 0.352. The van der Waals surface area contributed by atoms with Crippen LogP contribution in [0.4, 0.5) is 5.82 Å². The van der Waals surface area contributed by atoms with E-state index >= 15 is 0 Å². The molecule has 0 saturated carbocycles. The van der Waals surface area contributed by atoms with Crippen LogP contribution in [-0.2, 0) is 0 Å². The zero-order chi connectivity index (χ0) is 14.8. The second-order valence-electron chi connectivity index (χ2n) is 4.90. The molecule has 2 heterocycles. The topological polar surface area (TPSA) is 50.7 Å². The molecule has 0 spiro atoms. The first-order chi connectivity index (χ1) is 10.2. The maximum atomic E-state index is 4.66. The van der Waals surface area contributed by atoms with Gasteiger partial charge in [0.05, 0.1) is 10.2 Å². The maximum absolute atomic E-state index is 4.66. The minimum atomic E-state index is 0.352. The number of fused-ring (bicyclic) bond motifs is 1. The number of para-hydroxylation sites is 1. The Morgan fingerprint density at radius 1 is 1.19 bits per heavy atom. The molecule has 1 aromatic carbocycles. The average Bonchev–Trinajstić information content (AvgIpc) is 2.88. The molecule has 1 N–H and O–H groups in total. The highest BCUT2D eigenvalue weighted by atomic mass is 32.2. The summed E-state index contributed by atoms with van der Waals surface area (Å²) in [4.78, 5) is 13.4. The summed E-state index contributed by atoms with van der Waals surface area (Å²) in [7, 11) is 1.89. The zero-order valence-corrected chi connectivity index (χ0v) is 13.8. The van der Waals surface area contributed by atoms with Crippen molar-refractivity contribution in [1.29, 1.82) is 0 Å². The smallest absolute Gasteiger partial charge is 0.157 e. The summed E-state index contributed by atoms with van der Waals surface area (Å²) in [6.45, 7) is 4.31. The van der Waals surface area contributed by atoms with E-state index in [0.29, 0.717) is 5.92 Å². The molecule has 0 bridgehead atoms. The molecule has 0 aliphatic heterocycles. The molecule has 21 heavy (non-hydrogen) atoms. The fourth-order valence-electron chi connectivity index (χ4n) is 2.16. The van der Waals surface area contributed by atoms with Gasteiger partial charge in [0.25, 0.3) is 0 Å². The molecule has 3 aromatic rings. The van der Waals surface area contributed by atoms with E-state index in [2.05, 4.69) is 40.2 Å². The molecular weight excluding hydrogens is 300 g/mol. The molecule has 4 nitrogen and oxygen atoms in total. The van der Waals surface area contributed by atoms with Crippen LogP contribution >= 0.6 is 23.1 Å². The van der Waals surface area contributed by atoms with E-state index in [1.165, 1.54) is 4.70 Å². The molecule has 0 unspecified atom stereocenters. The Hall–Kier alpha value is -1.66. The molecule has 0 atom stereocenters. The van der Waals surface area contributed by atoms with Crippen LogP contribution in [0.2, 0.25) is 0 Å². The number of nitrogens with one attached hydrogen (secondary N) is 1. The lowest BCUT2D eigenvalue weighted by atomic mass is 10.1. The lowest BCUT2D eigenvalue weighted by Gasteiger charge is -2.14. The zero-order valence-electron chi connectivity index (χ0n) is 12.1. The van der Waals surface area contributed by atoms with Gasteiger partial charge >= 0.3 is 0 Å². The van der Waals surface area contributed by atoms with Gasteiger partial charge in [0.1, 0.15) is 17.2 Å². The number of thiazole rings is 1. The third-order valence-corrected chi connectivity index (χ3v) is 5.24. The number of hydrogen-bond donors (Lipinski definition) is 1. The van der Waals surface area contributed by atoms with Gasteiger partial charge in [-0.1, -0.05) is 26.0 Å². The van der Waals surface area contributed by atoms with Crippen LogP contribution in [0.1, 0.15) is 25.3 Å². The fraction of sp³-hybridized carbons (Fsp3) is 0.267. The second-order valence-corrected chi connectivity index (χ2v) is 7.16. The molecule has 6 heteroatoms. The van der Waals surface area contributed by atoms with Crippen molar-refractivity contribution >= 4 is 39.1 Å². The van der Waals surface area contributed by atoms with Crippen molar-refractivity contribution in [2.75, 3.05) is 12.4 Å². The van der Waals surface area contributed by atoms with Gasteiger partial charge in [0, 0.05) is 12.6 Å². The van der Waals surface area contributed by atoms with E-state index in [9.17, 15) is 0 Å². The highest BCUT2D eigenvalue weighted by molar-refractivity contribution is 8.01. The number of benzene rings is 1. The standard InChI is InChI=1S/C15H16N4S2/c1-9(2)12-13(16-3)17-8-18-14(12)21-15-19-10-6-4-5-7-11(10)20-15/h4-9H,1-3H3,(H,16,17,18). The van der Waals surface area contributed by atoms with Gasteiger partial charge in [-0.05, 0) is 29.8 Å². The monoisotopic (exact) mass is 316 g/mol. The van der Waals surface area contributed by atoms with Crippen LogP contribution in [-0.4, -0.2) is 22.0 Å². The van der Waals surface area contributed by atoms with Gasteiger partial charge in [-0.15, -0.1) is 11.3 Å². The van der Waals surface area contributed by atoms with Crippen molar-refractivity contribution in [2.45, 2.75) is 29.1 Å². The molecule has 0 saturated heterocycles. The van der Waals surface area contributed by atoms with Gasteiger partial charge in [0.2, 0.25) is 0 Å². The lowest BCUT2D eigenvalue weighted by Crippen LogP contribution is -2.03. The number of hydrogen-bond acceptors (Lipinski definition) is 6. The summed E-state index contributed by atoms with van der Waals surface area (Å²) in [6.07, 6.45) is 1.60. The van der Waals surface area contributed by atoms with Crippen LogP contribution in [0.15, 0.2) is 40.0 Å². The van der Waals surface area contributed by atoms with Gasteiger partial charge in [0.15, 0.2) is 4.34 Å². The Balaban J connectivity index is 2.01. The number of nitrogens with zero attached hydrogens (tertiary/aromatic N) is 3. The average molecular weight is 316 g/mol. The van der Waals surface area contributed by atoms with Crippen molar-refractivity contribution in [3.63, 3.8) is 0 Å². The Kier molecular flexibility index (Phi) is 4.07. The summed E-state index contributed by atoms with van der Waals surface area (Å²) in [5.41, 5.74) is 2.18. The first kappa shape index (κ1) is 14.3. The number of rotatable bonds is 4. The summed E-state index contributed by atoms with van der Waals surface area (Å²) in [6, 6.07) is 8.19. The molecule has 0 aliphatic carbocycles. The third kappa shape index (κ3) is 2.87. The van der Waals surface area contributed by atoms with Gasteiger partial charge in [-0.2, -0.15) is 0 Å². The van der Waals surface area contributed by atoms with E-state index in [1.807, 2.05) is 25.2 Å². The van der Waals surface area contributed by atoms with Crippen molar-refractivity contribution in [1.82, 2.24) is 15.0 Å². The molecule has 108 valence electrons. The van der Waals surface area contributed by atoms with Crippen LogP contribution in [0.3, 0.4) is 0 Å². The predicted octanol–water partition coefficient (Wildman–Crippen LogP) is 4.40. The SMILES string of the molecule is CNc1ncnc(Sc2nc3ccccc3s2)c1C(C)C. The third-order valence-electron chi connectivity index (χ3n) is 3.12. The molecule has 0 radical (unpaired) electrons. The Labute approximate surface area is 132 Å². The maximum Gasteiger partial charge on any atom is 0.157 e. The van der Waals surface area contributed by atoms with E-state index < -0.39 is 0 Å². The molecular formula is C15H16N4S2. The summed E-state index contributed by atoms with van der Waals surface area (Å²) in [5.74, 6) is 1.24. The quantitative estimate of drug-likeness (QED) is 0.723. The van der Waals surface area contributed by atoms with Crippen LogP contribution in [0.25, 0.3) is 10.2 Å². The summed E-state index contributed by atoms with van der Waals surface area (Å²) in [5, 5.41) is 4.12. The molecule has 0 amide bonds. The number of aromatic nitrogens is 3. The Morgan fingerprint density at radius 2 is 2.00 bits per heavy atom. The van der Waals surface area contributed by atoms with Gasteiger partial charge < -0.3 is 5.32 Å². The predicted molar refractivity (Wildman–Crippen MR) is 89.4 cm³/mol. The van der Waals surface area contributed by atoms with Crippen molar-refractivity contribution < 1.29 is 0 Å². The largest absolute Gasteiger partial charge is 0.373 e. The number of anilines is 1. The first-order valence-corrected chi connectivity index (χ1v) is 8.38. The highest BCUT2D eigenvalue weighted by Gasteiger charge is 2.16. The molecule has 2 aromatic heterocycles. The normalized spacial score (nSPS) is 11.2. The Morgan fingerprint density at radius 3 is 2.71 bits per heavy atom. The minimum Gasteiger partial charge on any atom is -0.373 e. The Bertz CT molecular complexity index is 734. The van der Waals surface area contributed by atoms with Crippen LogP contribution in [0.5, 0.6) is 0 Å². The lowest BCUT2D eigenvalue weighted by molar-refractivity contribution is 0.806. The molecule has 0 aliphatic rings. The fourth-order valence-corrected chi connectivity index (χ4v) is 4.38. The van der Waals surface area contributed by atoms with Gasteiger partial charge in [-0.3, -0.25) is 0 Å². The van der Waals surface area contributed by atoms with Gasteiger partial charge in [-0.25, -0.2) is 15.0 Å². The first-order valence-electron chi connectivity index (χ1n) is 6.75. The molecule has 0 fully saturated rings. The van der Waals surface area contributed by atoms with Crippen LogP contribution in [0, 0.1) is 0 Å². The van der Waals surface area contributed by atoms with Crippen molar-refractivity contribution in [2.24, 2.45) is 0 Å². The molecule has 3 rings (SSSR count). The second kappa shape index (κ2) is 5.99. The van der Waals surface area contributed by atoms with E-state index in [-0.39, 0.29) is 0 Å². The van der Waals surface area contributed by atoms with E-state index in [0.717, 1.165) is 26.3 Å². The highest BCUT2D eigenvalue weighted by Crippen LogP contribution is 2.38. The van der Waals surface area contributed by atoms with E-state index in [1.54, 1.807) is 29.4 Å². The van der Waals surface area contributed by atoms with Crippen molar-refractivity contribution in [3.8, 4) is 0 Å². The van der Waals surface area contributed by atoms with Crippen LogP contribution < -0.4 is 5.32 Å².